The maximum Gasteiger partial charge on any atom is 0.153 e. The first-order valence-electron chi connectivity index (χ1n) is 4.43. The zero-order valence-electron chi connectivity index (χ0n) is 8.37. The van der Waals surface area contributed by atoms with E-state index >= 15 is 0 Å². The molecule has 2 aromatic heterocycles. The van der Waals surface area contributed by atoms with Crippen LogP contribution in [0, 0.1) is 13.8 Å². The quantitative estimate of drug-likeness (QED) is 0.767. The van der Waals surface area contributed by atoms with Gasteiger partial charge in [0.25, 0.3) is 0 Å². The van der Waals surface area contributed by atoms with E-state index in [4.69, 9.17) is 11.6 Å². The molecule has 6 heteroatoms. The molecule has 0 fully saturated rings. The summed E-state index contributed by atoms with van der Waals surface area (Å²) < 4.78 is 0. The molecular formula is C9H10ClN5. The normalized spacial score (nSPS) is 10.3. The van der Waals surface area contributed by atoms with Crippen LogP contribution in [0.4, 0.5) is 11.6 Å². The Balaban J connectivity index is 2.28. The second kappa shape index (κ2) is 3.86. The predicted molar refractivity (Wildman–Crippen MR) is 58.4 cm³/mol. The number of rotatable bonds is 2. The van der Waals surface area contributed by atoms with E-state index in [1.165, 1.54) is 6.33 Å². The van der Waals surface area contributed by atoms with E-state index in [9.17, 15) is 0 Å². The van der Waals surface area contributed by atoms with E-state index in [0.717, 1.165) is 11.3 Å². The molecule has 0 aliphatic carbocycles. The van der Waals surface area contributed by atoms with Gasteiger partial charge in [0.1, 0.15) is 17.3 Å². The molecule has 0 unspecified atom stereocenters. The third kappa shape index (κ3) is 2.07. The van der Waals surface area contributed by atoms with Gasteiger partial charge in [-0.15, -0.1) is 0 Å². The highest BCUT2D eigenvalue weighted by Crippen LogP contribution is 2.20. The van der Waals surface area contributed by atoms with E-state index in [1.54, 1.807) is 0 Å². The van der Waals surface area contributed by atoms with Gasteiger partial charge in [-0.05, 0) is 13.8 Å². The summed E-state index contributed by atoms with van der Waals surface area (Å²) in [6.07, 6.45) is 1.41. The monoisotopic (exact) mass is 223 g/mol. The van der Waals surface area contributed by atoms with E-state index < -0.39 is 0 Å². The molecule has 78 valence electrons. The van der Waals surface area contributed by atoms with Gasteiger partial charge in [0, 0.05) is 17.3 Å². The lowest BCUT2D eigenvalue weighted by molar-refractivity contribution is 1.04. The Kier molecular flexibility index (Phi) is 2.55. The predicted octanol–water partition coefficient (Wildman–Crippen LogP) is 2.21. The number of aromatic amines is 1. The number of nitrogens with one attached hydrogen (secondary N) is 2. The fourth-order valence-corrected chi connectivity index (χ4v) is 1.29. The van der Waals surface area contributed by atoms with E-state index in [0.29, 0.717) is 16.8 Å². The third-order valence-corrected chi connectivity index (χ3v) is 2.36. The van der Waals surface area contributed by atoms with Crippen molar-refractivity contribution in [3.05, 3.63) is 28.8 Å². The maximum absolute atomic E-state index is 5.87. The van der Waals surface area contributed by atoms with Crippen molar-refractivity contribution in [3.63, 3.8) is 0 Å². The minimum atomic E-state index is 0.444. The minimum Gasteiger partial charge on any atom is -0.323 e. The zero-order chi connectivity index (χ0) is 10.8. The molecule has 0 bridgehead atoms. The van der Waals surface area contributed by atoms with Gasteiger partial charge in [0.05, 0.1) is 0 Å². The average Bonchev–Trinajstić information content (AvgIpc) is 2.59. The average molecular weight is 224 g/mol. The van der Waals surface area contributed by atoms with Crippen LogP contribution in [0.15, 0.2) is 12.4 Å². The molecular weight excluding hydrogens is 214 g/mol. The molecule has 2 rings (SSSR count). The molecule has 5 nitrogen and oxygen atoms in total. The molecule has 2 N–H and O–H groups in total. The summed E-state index contributed by atoms with van der Waals surface area (Å²) in [4.78, 5) is 7.96. The van der Waals surface area contributed by atoms with Crippen molar-refractivity contribution in [1.82, 2.24) is 20.2 Å². The van der Waals surface area contributed by atoms with Gasteiger partial charge in [-0.2, -0.15) is 5.10 Å². The van der Waals surface area contributed by atoms with E-state index in [1.807, 2.05) is 19.9 Å². The Hall–Kier alpha value is -1.62. The molecule has 0 aliphatic heterocycles. The standard InChI is InChI=1S/C9H10ClN5/c1-5-3-7(15-14-5)13-9-6(2)8(10)11-4-12-9/h3-4H,1-2H3,(H2,11,12,13,14,15). The SMILES string of the molecule is Cc1cc(Nc2ncnc(Cl)c2C)n[nH]1. The topological polar surface area (TPSA) is 66.5 Å². The Labute approximate surface area is 91.9 Å². The van der Waals surface area contributed by atoms with Crippen LogP contribution in [0.25, 0.3) is 0 Å². The maximum atomic E-state index is 5.87. The molecule has 0 aliphatic rings. The molecule has 0 amide bonds. The van der Waals surface area contributed by atoms with Crippen LogP contribution in [-0.4, -0.2) is 20.2 Å². The lowest BCUT2D eigenvalue weighted by Crippen LogP contribution is -1.98. The first kappa shape index (κ1) is 9.92. The summed E-state index contributed by atoms with van der Waals surface area (Å²) in [6, 6.07) is 1.88. The molecule has 2 heterocycles. The van der Waals surface area contributed by atoms with Crippen LogP contribution in [0.2, 0.25) is 5.15 Å². The second-order valence-electron chi connectivity index (χ2n) is 3.20. The van der Waals surface area contributed by atoms with Crippen molar-refractivity contribution in [2.75, 3.05) is 5.32 Å². The first-order chi connectivity index (χ1) is 7.16. The highest BCUT2D eigenvalue weighted by molar-refractivity contribution is 6.30. The molecule has 0 saturated heterocycles. The number of hydrogen-bond donors (Lipinski definition) is 2. The van der Waals surface area contributed by atoms with E-state index in [-0.39, 0.29) is 0 Å². The van der Waals surface area contributed by atoms with Gasteiger partial charge in [-0.25, -0.2) is 9.97 Å². The summed E-state index contributed by atoms with van der Waals surface area (Å²) in [7, 11) is 0. The summed E-state index contributed by atoms with van der Waals surface area (Å²) in [5.74, 6) is 1.38. The molecule has 0 atom stereocenters. The molecule has 0 spiro atoms. The van der Waals surface area contributed by atoms with Crippen molar-refractivity contribution in [1.29, 1.82) is 0 Å². The number of aryl methyl sites for hydroxylation is 1. The fraction of sp³-hybridized carbons (Fsp3) is 0.222. The van der Waals surface area contributed by atoms with Gasteiger partial charge in [-0.1, -0.05) is 11.6 Å². The molecule has 0 aromatic carbocycles. The highest BCUT2D eigenvalue weighted by Gasteiger charge is 2.06. The Bertz CT molecular complexity index is 479. The number of aromatic nitrogens is 4. The van der Waals surface area contributed by atoms with Crippen molar-refractivity contribution in [3.8, 4) is 0 Å². The molecule has 15 heavy (non-hydrogen) atoms. The number of hydrogen-bond acceptors (Lipinski definition) is 4. The number of anilines is 2. The lowest BCUT2D eigenvalue weighted by atomic mass is 10.3. The first-order valence-corrected chi connectivity index (χ1v) is 4.81. The lowest BCUT2D eigenvalue weighted by Gasteiger charge is -2.05. The number of H-pyrrole nitrogens is 1. The Morgan fingerprint density at radius 3 is 2.80 bits per heavy atom. The van der Waals surface area contributed by atoms with Gasteiger partial charge >= 0.3 is 0 Å². The summed E-state index contributed by atoms with van der Waals surface area (Å²) in [6.45, 7) is 3.78. The van der Waals surface area contributed by atoms with Crippen LogP contribution < -0.4 is 5.32 Å². The van der Waals surface area contributed by atoms with Crippen molar-refractivity contribution < 1.29 is 0 Å². The van der Waals surface area contributed by atoms with Gasteiger partial charge < -0.3 is 5.32 Å². The Morgan fingerprint density at radius 1 is 1.33 bits per heavy atom. The van der Waals surface area contributed by atoms with Crippen LogP contribution in [-0.2, 0) is 0 Å². The Morgan fingerprint density at radius 2 is 2.13 bits per heavy atom. The van der Waals surface area contributed by atoms with Crippen LogP contribution >= 0.6 is 11.6 Å². The molecule has 0 radical (unpaired) electrons. The highest BCUT2D eigenvalue weighted by atomic mass is 35.5. The van der Waals surface area contributed by atoms with Crippen molar-refractivity contribution >= 4 is 23.2 Å². The fourth-order valence-electron chi connectivity index (χ4n) is 1.16. The minimum absolute atomic E-state index is 0.444. The zero-order valence-corrected chi connectivity index (χ0v) is 9.13. The van der Waals surface area contributed by atoms with Gasteiger partial charge in [-0.3, -0.25) is 5.10 Å². The largest absolute Gasteiger partial charge is 0.323 e. The van der Waals surface area contributed by atoms with Crippen molar-refractivity contribution in [2.45, 2.75) is 13.8 Å². The van der Waals surface area contributed by atoms with Crippen LogP contribution in [0.1, 0.15) is 11.3 Å². The number of nitrogens with zero attached hydrogens (tertiary/aromatic N) is 3. The number of halogens is 1. The van der Waals surface area contributed by atoms with Crippen molar-refractivity contribution in [2.24, 2.45) is 0 Å². The smallest absolute Gasteiger partial charge is 0.153 e. The van der Waals surface area contributed by atoms with E-state index in [2.05, 4.69) is 25.5 Å². The third-order valence-electron chi connectivity index (χ3n) is 1.97. The summed E-state index contributed by atoms with van der Waals surface area (Å²) >= 11 is 5.87. The van der Waals surface area contributed by atoms with Gasteiger partial charge in [0.2, 0.25) is 0 Å². The van der Waals surface area contributed by atoms with Crippen LogP contribution in [0.3, 0.4) is 0 Å². The summed E-state index contributed by atoms with van der Waals surface area (Å²) in [5, 5.41) is 10.4. The summed E-state index contributed by atoms with van der Waals surface area (Å²) in [5.41, 5.74) is 1.79. The molecule has 2 aromatic rings. The molecule has 0 saturated carbocycles. The second-order valence-corrected chi connectivity index (χ2v) is 3.56. The van der Waals surface area contributed by atoms with Crippen LogP contribution in [0.5, 0.6) is 0 Å². The van der Waals surface area contributed by atoms with Gasteiger partial charge in [0.15, 0.2) is 5.82 Å².